The molecule has 0 amide bonds. The maximum atomic E-state index is 13.3. The zero-order valence-electron chi connectivity index (χ0n) is 20.3. The molecule has 4 rings (SSSR count). The highest BCUT2D eigenvalue weighted by molar-refractivity contribution is 5.69. The van der Waals surface area contributed by atoms with Gasteiger partial charge < -0.3 is 9.47 Å². The van der Waals surface area contributed by atoms with Crippen molar-refractivity contribution in [3.63, 3.8) is 0 Å². The number of nitrogens with zero attached hydrogens (tertiary/aromatic N) is 1. The Bertz CT molecular complexity index is 1000. The number of ether oxygens (including phenoxy) is 2. The van der Waals surface area contributed by atoms with Crippen LogP contribution < -0.4 is 0 Å². The first kappa shape index (κ1) is 25.1. The highest BCUT2D eigenvalue weighted by Gasteiger charge is 2.32. The lowest BCUT2D eigenvalue weighted by molar-refractivity contribution is -0.155. The Labute approximate surface area is 207 Å². The van der Waals surface area contributed by atoms with Gasteiger partial charge >= 0.3 is 5.97 Å². The summed E-state index contributed by atoms with van der Waals surface area (Å²) >= 11 is 0. The van der Waals surface area contributed by atoms with Crippen LogP contribution in [0.3, 0.4) is 0 Å². The lowest BCUT2D eigenvalue weighted by atomic mass is 9.90. The fourth-order valence-corrected chi connectivity index (χ4v) is 4.71. The molecular weight excluding hydrogens is 441 g/mol. The number of benzene rings is 3. The summed E-state index contributed by atoms with van der Waals surface area (Å²) in [7, 11) is 0. The van der Waals surface area contributed by atoms with E-state index >= 15 is 0 Å². The van der Waals surface area contributed by atoms with Gasteiger partial charge in [-0.2, -0.15) is 0 Å². The van der Waals surface area contributed by atoms with Gasteiger partial charge in [0.1, 0.15) is 18.0 Å². The zero-order chi connectivity index (χ0) is 24.5. The molecule has 184 valence electrons. The smallest absolute Gasteiger partial charge is 0.305 e. The molecule has 3 aromatic rings. The Hall–Kier alpha value is -3.02. The molecule has 2 unspecified atom stereocenters. The van der Waals surface area contributed by atoms with Gasteiger partial charge in [-0.15, -0.1) is 0 Å². The maximum Gasteiger partial charge on any atom is 0.305 e. The van der Waals surface area contributed by atoms with Crippen molar-refractivity contribution in [1.29, 1.82) is 0 Å². The van der Waals surface area contributed by atoms with Gasteiger partial charge in [0, 0.05) is 32.0 Å². The molecule has 5 heteroatoms. The molecule has 0 N–H and O–H groups in total. The molecule has 1 aliphatic rings. The van der Waals surface area contributed by atoms with Crippen molar-refractivity contribution in [2.75, 3.05) is 19.7 Å². The highest BCUT2D eigenvalue weighted by atomic mass is 19.1. The third-order valence-corrected chi connectivity index (χ3v) is 6.65. The Morgan fingerprint density at radius 2 is 1.60 bits per heavy atom. The average Bonchev–Trinajstić information content (AvgIpc) is 2.90. The third-order valence-electron chi connectivity index (χ3n) is 6.65. The minimum atomic E-state index is -0.230. The molecule has 0 bridgehead atoms. The first-order valence-electron chi connectivity index (χ1n) is 12.5. The van der Waals surface area contributed by atoms with E-state index in [1.165, 1.54) is 12.1 Å². The van der Waals surface area contributed by atoms with E-state index in [1.807, 2.05) is 55.5 Å². The number of halogens is 1. The third kappa shape index (κ3) is 7.23. The molecule has 0 saturated carbocycles. The van der Waals surface area contributed by atoms with E-state index < -0.39 is 0 Å². The van der Waals surface area contributed by atoms with Crippen molar-refractivity contribution >= 4 is 5.97 Å². The molecule has 3 aromatic carbocycles. The second-order valence-electron chi connectivity index (χ2n) is 9.15. The van der Waals surface area contributed by atoms with E-state index in [0.29, 0.717) is 26.1 Å². The zero-order valence-corrected chi connectivity index (χ0v) is 20.3. The van der Waals surface area contributed by atoms with Gasteiger partial charge in [-0.3, -0.25) is 9.69 Å². The summed E-state index contributed by atoms with van der Waals surface area (Å²) in [6.07, 6.45) is 1.80. The fraction of sp³-hybridized carbons (Fsp3) is 0.367. The van der Waals surface area contributed by atoms with Crippen molar-refractivity contribution < 1.29 is 18.7 Å². The number of hydrogen-bond donors (Lipinski definition) is 0. The van der Waals surface area contributed by atoms with Gasteiger partial charge in [0.25, 0.3) is 0 Å². The quantitative estimate of drug-likeness (QED) is 0.329. The van der Waals surface area contributed by atoms with E-state index in [9.17, 15) is 9.18 Å². The van der Waals surface area contributed by atoms with Gasteiger partial charge in [-0.1, -0.05) is 79.7 Å². The van der Waals surface area contributed by atoms with Crippen LogP contribution in [0.2, 0.25) is 0 Å². The van der Waals surface area contributed by atoms with Crippen molar-refractivity contribution in [1.82, 2.24) is 4.90 Å². The lowest BCUT2D eigenvalue weighted by Gasteiger charge is -2.38. The standard InChI is InChI=1S/C30H34FNO3/c1-2-29(33)35-28-22-32(21-23-13-15-27(31)16-14-23)19-17-24(28)18-20-34-30(25-9-5-3-6-10-25)26-11-7-4-8-12-26/h3-16,24,28,30H,2,17-22H2,1H3. The number of carbonyl (C=O) groups is 1. The molecule has 2 atom stereocenters. The number of carbonyl (C=O) groups excluding carboxylic acids is 1. The van der Waals surface area contributed by atoms with Crippen molar-refractivity contribution in [3.8, 4) is 0 Å². The van der Waals surface area contributed by atoms with Crippen molar-refractivity contribution in [3.05, 3.63) is 107 Å². The Morgan fingerprint density at radius 1 is 0.971 bits per heavy atom. The predicted octanol–water partition coefficient (Wildman–Crippen LogP) is 6.17. The number of esters is 1. The Morgan fingerprint density at radius 3 is 2.20 bits per heavy atom. The van der Waals surface area contributed by atoms with Crippen LogP contribution in [0.4, 0.5) is 4.39 Å². The minimum Gasteiger partial charge on any atom is -0.461 e. The van der Waals surface area contributed by atoms with Crippen LogP contribution in [0.5, 0.6) is 0 Å². The second-order valence-corrected chi connectivity index (χ2v) is 9.15. The molecule has 0 aromatic heterocycles. The number of hydrogen-bond acceptors (Lipinski definition) is 4. The van der Waals surface area contributed by atoms with Crippen LogP contribution in [0, 0.1) is 11.7 Å². The molecule has 1 saturated heterocycles. The van der Waals surface area contributed by atoms with E-state index in [0.717, 1.165) is 36.1 Å². The van der Waals surface area contributed by atoms with Crippen molar-refractivity contribution in [2.24, 2.45) is 5.92 Å². The van der Waals surface area contributed by atoms with Crippen molar-refractivity contribution in [2.45, 2.75) is 44.9 Å². The number of likely N-dealkylation sites (tertiary alicyclic amines) is 1. The summed E-state index contributed by atoms with van der Waals surface area (Å²) in [6, 6.07) is 27.1. The van der Waals surface area contributed by atoms with Gasteiger partial charge in [-0.25, -0.2) is 4.39 Å². The van der Waals surface area contributed by atoms with Crippen LogP contribution >= 0.6 is 0 Å². The van der Waals surface area contributed by atoms with Gasteiger partial charge in [0.2, 0.25) is 0 Å². The molecule has 1 fully saturated rings. The molecule has 0 spiro atoms. The van der Waals surface area contributed by atoms with Gasteiger partial charge in [0.05, 0.1) is 0 Å². The summed E-state index contributed by atoms with van der Waals surface area (Å²) in [5.74, 6) is -0.162. The van der Waals surface area contributed by atoms with E-state index in [2.05, 4.69) is 29.2 Å². The summed E-state index contributed by atoms with van der Waals surface area (Å²) in [6.45, 7) is 4.70. The first-order chi connectivity index (χ1) is 17.1. The van der Waals surface area contributed by atoms with Crippen LogP contribution in [-0.4, -0.2) is 36.7 Å². The van der Waals surface area contributed by atoms with E-state index in [1.54, 1.807) is 0 Å². The summed E-state index contributed by atoms with van der Waals surface area (Å²) in [5, 5.41) is 0. The largest absolute Gasteiger partial charge is 0.461 e. The topological polar surface area (TPSA) is 38.8 Å². The van der Waals surface area contributed by atoms with E-state index in [-0.39, 0.29) is 29.9 Å². The molecule has 35 heavy (non-hydrogen) atoms. The van der Waals surface area contributed by atoms with Gasteiger partial charge in [-0.05, 0) is 48.2 Å². The van der Waals surface area contributed by atoms with Crippen LogP contribution in [0.1, 0.15) is 49.0 Å². The van der Waals surface area contributed by atoms with Crippen LogP contribution in [0.25, 0.3) is 0 Å². The summed E-state index contributed by atoms with van der Waals surface area (Å²) in [5.41, 5.74) is 3.31. The monoisotopic (exact) mass is 475 g/mol. The Balaban J connectivity index is 1.39. The molecule has 1 aliphatic heterocycles. The summed E-state index contributed by atoms with van der Waals surface area (Å²) in [4.78, 5) is 14.5. The number of rotatable bonds is 10. The molecule has 1 heterocycles. The highest BCUT2D eigenvalue weighted by Crippen LogP contribution is 2.29. The first-order valence-corrected chi connectivity index (χ1v) is 12.5. The predicted molar refractivity (Wildman–Crippen MR) is 135 cm³/mol. The second kappa shape index (κ2) is 12.6. The van der Waals surface area contributed by atoms with E-state index in [4.69, 9.17) is 9.47 Å². The van der Waals surface area contributed by atoms with Crippen LogP contribution in [0.15, 0.2) is 84.9 Å². The molecular formula is C30H34FNO3. The Kier molecular flexibility index (Phi) is 9.04. The minimum absolute atomic E-state index is 0.132. The normalized spacial score (nSPS) is 18.5. The molecule has 0 radical (unpaired) electrons. The lowest BCUT2D eigenvalue weighted by Crippen LogP contribution is -2.45. The average molecular weight is 476 g/mol. The molecule has 4 nitrogen and oxygen atoms in total. The van der Waals surface area contributed by atoms with Crippen LogP contribution in [-0.2, 0) is 20.8 Å². The fourth-order valence-electron chi connectivity index (χ4n) is 4.71. The SMILES string of the molecule is CCC(=O)OC1CN(Cc2ccc(F)cc2)CCC1CCOC(c1ccccc1)c1ccccc1. The molecule has 0 aliphatic carbocycles. The maximum absolute atomic E-state index is 13.3. The number of piperidine rings is 1. The summed E-state index contributed by atoms with van der Waals surface area (Å²) < 4.78 is 25.6. The van der Waals surface area contributed by atoms with Gasteiger partial charge in [0.15, 0.2) is 0 Å².